The molecule has 11 heavy (non-hydrogen) atoms. The van der Waals surface area contributed by atoms with Gasteiger partial charge < -0.3 is 0 Å². The Hall–Kier alpha value is 0. The Morgan fingerprint density at radius 3 is 2.18 bits per heavy atom. The fourth-order valence-corrected chi connectivity index (χ4v) is 2.68. The molecule has 0 spiro atoms. The quantitative estimate of drug-likeness (QED) is 0.540. The van der Waals surface area contributed by atoms with Gasteiger partial charge in [-0.3, -0.25) is 0 Å². The predicted octanol–water partition coefficient (Wildman–Crippen LogP) is 3.71. The molecular formula is C11H22. The van der Waals surface area contributed by atoms with E-state index in [4.69, 9.17) is 0 Å². The minimum Gasteiger partial charge on any atom is -0.0625 e. The van der Waals surface area contributed by atoms with Crippen molar-refractivity contribution in [3.05, 3.63) is 0 Å². The Bertz CT molecular complexity index is 115. The fraction of sp³-hybridized carbons (Fsp3) is 1.00. The first-order chi connectivity index (χ1) is 5.11. The van der Waals surface area contributed by atoms with Gasteiger partial charge in [0.1, 0.15) is 0 Å². The van der Waals surface area contributed by atoms with E-state index in [0.29, 0.717) is 0 Å². The summed E-state index contributed by atoms with van der Waals surface area (Å²) in [4.78, 5) is 0. The lowest BCUT2D eigenvalue weighted by molar-refractivity contribution is 0.158. The van der Waals surface area contributed by atoms with E-state index in [1.54, 1.807) is 0 Å². The summed E-state index contributed by atoms with van der Waals surface area (Å²) in [6.45, 7) is 9.57. The van der Waals surface area contributed by atoms with E-state index in [1.165, 1.54) is 19.3 Å². The average molecular weight is 154 g/mol. The van der Waals surface area contributed by atoms with Gasteiger partial charge in [0.25, 0.3) is 0 Å². The standard InChI is InChI=1S/C11H22/c1-8(2)11-6-5-9(3)7-10(11)4/h8-11H,5-7H2,1-4H3/t9-,10?,11?/m0/s1. The molecule has 1 saturated carbocycles. The zero-order chi connectivity index (χ0) is 8.43. The van der Waals surface area contributed by atoms with Crippen molar-refractivity contribution in [3.63, 3.8) is 0 Å². The summed E-state index contributed by atoms with van der Waals surface area (Å²) in [6.07, 6.45) is 4.40. The van der Waals surface area contributed by atoms with E-state index >= 15 is 0 Å². The molecule has 1 aliphatic rings. The van der Waals surface area contributed by atoms with Crippen LogP contribution < -0.4 is 0 Å². The van der Waals surface area contributed by atoms with E-state index in [1.807, 2.05) is 0 Å². The molecule has 0 heterocycles. The van der Waals surface area contributed by atoms with Crippen molar-refractivity contribution in [2.24, 2.45) is 23.7 Å². The zero-order valence-corrected chi connectivity index (χ0v) is 8.43. The van der Waals surface area contributed by atoms with Crippen LogP contribution in [0.15, 0.2) is 0 Å². The third-order valence-corrected chi connectivity index (χ3v) is 3.35. The summed E-state index contributed by atoms with van der Waals surface area (Å²) in [5.41, 5.74) is 0. The van der Waals surface area contributed by atoms with E-state index in [0.717, 1.165) is 23.7 Å². The summed E-state index contributed by atoms with van der Waals surface area (Å²) in [5, 5.41) is 0. The molecule has 66 valence electrons. The van der Waals surface area contributed by atoms with Gasteiger partial charge in [-0.15, -0.1) is 0 Å². The lowest BCUT2D eigenvalue weighted by Gasteiger charge is -2.35. The van der Waals surface area contributed by atoms with Gasteiger partial charge in [-0.05, 0) is 36.5 Å². The van der Waals surface area contributed by atoms with Crippen LogP contribution in [0.5, 0.6) is 0 Å². The molecule has 0 saturated heterocycles. The summed E-state index contributed by atoms with van der Waals surface area (Å²) >= 11 is 0. The molecule has 0 nitrogen and oxygen atoms in total. The maximum absolute atomic E-state index is 2.43. The largest absolute Gasteiger partial charge is 0.0625 e. The van der Waals surface area contributed by atoms with Gasteiger partial charge in [-0.25, -0.2) is 0 Å². The highest BCUT2D eigenvalue weighted by Gasteiger charge is 2.26. The first-order valence-electron chi connectivity index (χ1n) is 5.11. The molecule has 0 bridgehead atoms. The Morgan fingerprint density at radius 2 is 1.73 bits per heavy atom. The topological polar surface area (TPSA) is 0 Å². The van der Waals surface area contributed by atoms with Crippen LogP contribution in [0.1, 0.15) is 47.0 Å². The Balaban J connectivity index is 2.44. The molecule has 0 heteroatoms. The molecule has 0 radical (unpaired) electrons. The second-order valence-electron chi connectivity index (χ2n) is 4.80. The summed E-state index contributed by atoms with van der Waals surface area (Å²) in [7, 11) is 0. The third kappa shape index (κ3) is 2.21. The smallest absolute Gasteiger partial charge is 0.0365 e. The van der Waals surface area contributed by atoms with Gasteiger partial charge in [0.15, 0.2) is 0 Å². The SMILES string of the molecule is CC(C)C1CC[C@H](C)CC1C. The van der Waals surface area contributed by atoms with Gasteiger partial charge in [0.05, 0.1) is 0 Å². The first-order valence-corrected chi connectivity index (χ1v) is 5.11. The minimum atomic E-state index is 0.900. The molecular weight excluding hydrogens is 132 g/mol. The lowest BCUT2D eigenvalue weighted by Crippen LogP contribution is -2.25. The normalized spacial score (nSPS) is 39.5. The van der Waals surface area contributed by atoms with Crippen LogP contribution in [0.3, 0.4) is 0 Å². The van der Waals surface area contributed by atoms with Crippen molar-refractivity contribution in [1.29, 1.82) is 0 Å². The van der Waals surface area contributed by atoms with E-state index < -0.39 is 0 Å². The Kier molecular flexibility index (Phi) is 2.98. The molecule has 0 N–H and O–H groups in total. The molecule has 0 aromatic carbocycles. The van der Waals surface area contributed by atoms with Crippen LogP contribution in [-0.2, 0) is 0 Å². The predicted molar refractivity (Wildman–Crippen MR) is 50.5 cm³/mol. The van der Waals surface area contributed by atoms with Gasteiger partial charge in [-0.1, -0.05) is 34.1 Å². The molecule has 2 unspecified atom stereocenters. The molecule has 0 amide bonds. The van der Waals surface area contributed by atoms with Crippen LogP contribution >= 0.6 is 0 Å². The van der Waals surface area contributed by atoms with Crippen LogP contribution in [0, 0.1) is 23.7 Å². The van der Waals surface area contributed by atoms with Crippen LogP contribution in [-0.4, -0.2) is 0 Å². The Labute approximate surface area is 71.4 Å². The van der Waals surface area contributed by atoms with Gasteiger partial charge in [-0.2, -0.15) is 0 Å². The molecule has 1 aliphatic carbocycles. The second kappa shape index (κ2) is 3.60. The first kappa shape index (κ1) is 9.09. The van der Waals surface area contributed by atoms with Gasteiger partial charge in [0.2, 0.25) is 0 Å². The lowest BCUT2D eigenvalue weighted by atomic mass is 9.71. The van der Waals surface area contributed by atoms with Crippen molar-refractivity contribution >= 4 is 0 Å². The molecule has 1 fully saturated rings. The maximum Gasteiger partial charge on any atom is -0.0365 e. The summed E-state index contributed by atoms with van der Waals surface area (Å²) in [6, 6.07) is 0. The highest BCUT2D eigenvalue weighted by molar-refractivity contribution is 4.77. The van der Waals surface area contributed by atoms with Gasteiger partial charge >= 0.3 is 0 Å². The molecule has 3 atom stereocenters. The van der Waals surface area contributed by atoms with Crippen molar-refractivity contribution < 1.29 is 0 Å². The van der Waals surface area contributed by atoms with Crippen LogP contribution in [0.4, 0.5) is 0 Å². The number of rotatable bonds is 1. The number of hydrogen-bond acceptors (Lipinski definition) is 0. The highest BCUT2D eigenvalue weighted by atomic mass is 14.3. The maximum atomic E-state index is 2.43. The van der Waals surface area contributed by atoms with E-state index in [-0.39, 0.29) is 0 Å². The molecule has 1 rings (SSSR count). The highest BCUT2D eigenvalue weighted by Crippen LogP contribution is 2.37. The van der Waals surface area contributed by atoms with Crippen molar-refractivity contribution in [1.82, 2.24) is 0 Å². The van der Waals surface area contributed by atoms with Crippen molar-refractivity contribution in [3.8, 4) is 0 Å². The minimum absolute atomic E-state index is 0.900. The second-order valence-corrected chi connectivity index (χ2v) is 4.80. The summed E-state index contributed by atoms with van der Waals surface area (Å²) < 4.78 is 0. The van der Waals surface area contributed by atoms with Crippen LogP contribution in [0.2, 0.25) is 0 Å². The van der Waals surface area contributed by atoms with Crippen LogP contribution in [0.25, 0.3) is 0 Å². The van der Waals surface area contributed by atoms with Crippen molar-refractivity contribution in [2.45, 2.75) is 47.0 Å². The van der Waals surface area contributed by atoms with E-state index in [9.17, 15) is 0 Å². The molecule has 0 aromatic rings. The van der Waals surface area contributed by atoms with E-state index in [2.05, 4.69) is 27.7 Å². The summed E-state index contributed by atoms with van der Waals surface area (Å²) in [5.74, 6) is 3.86. The number of hydrogen-bond donors (Lipinski definition) is 0. The average Bonchev–Trinajstić information content (AvgIpc) is 1.85. The fourth-order valence-electron chi connectivity index (χ4n) is 2.68. The van der Waals surface area contributed by atoms with Crippen molar-refractivity contribution in [2.75, 3.05) is 0 Å². The monoisotopic (exact) mass is 154 g/mol. The molecule has 0 aromatic heterocycles. The molecule has 0 aliphatic heterocycles. The third-order valence-electron chi connectivity index (χ3n) is 3.35. The zero-order valence-electron chi connectivity index (χ0n) is 8.43. The van der Waals surface area contributed by atoms with Gasteiger partial charge in [0, 0.05) is 0 Å². The Morgan fingerprint density at radius 1 is 1.09 bits per heavy atom.